The van der Waals surface area contributed by atoms with E-state index in [9.17, 15) is 4.79 Å². The molecule has 3 nitrogen and oxygen atoms in total. The summed E-state index contributed by atoms with van der Waals surface area (Å²) >= 11 is 1.70. The van der Waals surface area contributed by atoms with Gasteiger partial charge in [-0.3, -0.25) is 4.79 Å². The summed E-state index contributed by atoms with van der Waals surface area (Å²) in [5, 5.41) is 7.30. The smallest absolute Gasteiger partial charge is 0.190 e. The number of aryl methyl sites for hydroxylation is 1. The van der Waals surface area contributed by atoms with Crippen molar-refractivity contribution in [3.63, 3.8) is 0 Å². The fraction of sp³-hybridized carbons (Fsp3) is 0.318. The van der Waals surface area contributed by atoms with Crippen molar-refractivity contribution in [3.8, 4) is 0 Å². The average Bonchev–Trinajstić information content (AvgIpc) is 3.20. The van der Waals surface area contributed by atoms with E-state index in [4.69, 9.17) is 0 Å². The van der Waals surface area contributed by atoms with Crippen LogP contribution < -0.4 is 15.9 Å². The fourth-order valence-corrected chi connectivity index (χ4v) is 3.49. The van der Waals surface area contributed by atoms with E-state index in [1.807, 2.05) is 36.9 Å². The van der Waals surface area contributed by atoms with Gasteiger partial charge < -0.3 is 9.88 Å². The number of fused-ring (bicyclic) bond motifs is 1. The van der Waals surface area contributed by atoms with Gasteiger partial charge in [-0.15, -0.1) is 17.9 Å². The minimum absolute atomic E-state index is 0.0722. The van der Waals surface area contributed by atoms with Crippen LogP contribution >= 0.6 is 11.3 Å². The molecule has 2 aromatic rings. The van der Waals surface area contributed by atoms with Gasteiger partial charge in [0.2, 0.25) is 0 Å². The standard InChI is InChI=1S/C19H20N2OS.C3H8/c1-4-8-21-12-17(16-11-20-7-5-18(16)21)19(22)13(2)10-15-6-9-23-14(15)3;1-3-2/h4-6,9-12,20H,1,7-8H2,2-3H3;3H2,1-2H3/b13-10+;. The van der Waals surface area contributed by atoms with Gasteiger partial charge in [0.05, 0.1) is 0 Å². The van der Waals surface area contributed by atoms with Gasteiger partial charge in [-0.1, -0.05) is 26.3 Å². The molecule has 138 valence electrons. The highest BCUT2D eigenvalue weighted by molar-refractivity contribution is 7.10. The van der Waals surface area contributed by atoms with E-state index in [0.29, 0.717) is 6.54 Å². The number of hydrogen-bond donors (Lipinski definition) is 1. The van der Waals surface area contributed by atoms with Gasteiger partial charge in [0.25, 0.3) is 0 Å². The normalized spacial score (nSPS) is 12.7. The molecule has 0 spiro atoms. The number of Topliss-reactive ketones (excluding diaryl/α,β-unsaturated/α-hetero) is 1. The molecule has 3 heterocycles. The van der Waals surface area contributed by atoms with Crippen molar-refractivity contribution in [2.75, 3.05) is 6.54 Å². The monoisotopic (exact) mass is 368 g/mol. The number of carbonyl (C=O) groups excluding carboxylic acids is 1. The van der Waals surface area contributed by atoms with Crippen LogP contribution in [0.15, 0.2) is 35.9 Å². The molecule has 2 aromatic heterocycles. The van der Waals surface area contributed by atoms with Crippen molar-refractivity contribution >= 4 is 35.5 Å². The zero-order valence-corrected chi connectivity index (χ0v) is 17.0. The highest BCUT2D eigenvalue weighted by Crippen LogP contribution is 2.19. The van der Waals surface area contributed by atoms with Crippen molar-refractivity contribution in [1.29, 1.82) is 0 Å². The zero-order chi connectivity index (χ0) is 19.1. The molecule has 1 aliphatic rings. The van der Waals surface area contributed by atoms with Crippen molar-refractivity contribution in [2.24, 2.45) is 0 Å². The largest absolute Gasteiger partial charge is 0.387 e. The molecule has 0 aromatic carbocycles. The van der Waals surface area contributed by atoms with E-state index in [-0.39, 0.29) is 5.78 Å². The SMILES string of the molecule is C=CCn1cc(C(=O)/C(C)=C/c2ccsc2C)c2c1=CCNC=2.CCC. The lowest BCUT2D eigenvalue weighted by molar-refractivity contribution is 0.103. The van der Waals surface area contributed by atoms with Crippen LogP contribution in [-0.4, -0.2) is 16.9 Å². The summed E-state index contributed by atoms with van der Waals surface area (Å²) < 4.78 is 2.08. The third kappa shape index (κ3) is 4.44. The third-order valence-electron chi connectivity index (χ3n) is 4.02. The van der Waals surface area contributed by atoms with E-state index in [1.54, 1.807) is 11.3 Å². The first kappa shape index (κ1) is 20.0. The number of rotatable bonds is 5. The van der Waals surface area contributed by atoms with Crippen LogP contribution in [0.4, 0.5) is 0 Å². The number of aromatic nitrogens is 1. The molecule has 4 heteroatoms. The first-order valence-electron chi connectivity index (χ1n) is 9.04. The molecule has 3 rings (SSSR count). The second kappa shape index (κ2) is 9.39. The molecule has 0 saturated heterocycles. The number of allylic oxidation sites excluding steroid dienone is 2. The van der Waals surface area contributed by atoms with Crippen molar-refractivity contribution in [2.45, 2.75) is 40.7 Å². The lowest BCUT2D eigenvalue weighted by atomic mass is 10.0. The predicted molar refractivity (Wildman–Crippen MR) is 114 cm³/mol. The number of nitrogens with one attached hydrogen (secondary N) is 1. The summed E-state index contributed by atoms with van der Waals surface area (Å²) in [7, 11) is 0. The van der Waals surface area contributed by atoms with E-state index in [2.05, 4.69) is 49.4 Å². The summed E-state index contributed by atoms with van der Waals surface area (Å²) in [5.74, 6) is 0.0722. The molecule has 26 heavy (non-hydrogen) atoms. The minimum atomic E-state index is 0.0722. The number of nitrogens with zero attached hydrogens (tertiary/aromatic N) is 1. The Bertz CT molecular complexity index is 928. The van der Waals surface area contributed by atoms with Crippen LogP contribution in [0.25, 0.3) is 18.4 Å². The molecule has 0 aliphatic carbocycles. The maximum absolute atomic E-state index is 12.9. The van der Waals surface area contributed by atoms with Gasteiger partial charge in [-0.2, -0.15) is 0 Å². The van der Waals surface area contributed by atoms with E-state index < -0.39 is 0 Å². The fourth-order valence-electron chi connectivity index (χ4n) is 2.81. The van der Waals surface area contributed by atoms with Gasteiger partial charge in [0, 0.05) is 46.5 Å². The second-order valence-electron chi connectivity index (χ2n) is 6.34. The molecule has 0 radical (unpaired) electrons. The first-order valence-corrected chi connectivity index (χ1v) is 9.92. The predicted octanol–water partition coefficient (Wildman–Crippen LogP) is 3.87. The quantitative estimate of drug-likeness (QED) is 0.494. The molecule has 0 atom stereocenters. The lowest BCUT2D eigenvalue weighted by Crippen LogP contribution is -2.37. The molecule has 0 bridgehead atoms. The van der Waals surface area contributed by atoms with Crippen LogP contribution in [0.1, 0.15) is 48.0 Å². The molecule has 1 N–H and O–H groups in total. The van der Waals surface area contributed by atoms with Gasteiger partial charge in [0.15, 0.2) is 5.78 Å². The summed E-state index contributed by atoms with van der Waals surface area (Å²) in [6.07, 6.45) is 11.1. The Morgan fingerprint density at radius 3 is 2.77 bits per heavy atom. The van der Waals surface area contributed by atoms with Crippen LogP contribution in [-0.2, 0) is 6.54 Å². The molecule has 0 fully saturated rings. The number of ketones is 1. The maximum Gasteiger partial charge on any atom is 0.190 e. The highest BCUT2D eigenvalue weighted by atomic mass is 32.1. The number of carbonyl (C=O) groups is 1. The average molecular weight is 369 g/mol. The Kier molecular flexibility index (Phi) is 7.22. The lowest BCUT2D eigenvalue weighted by Gasteiger charge is -2.03. The number of hydrogen-bond acceptors (Lipinski definition) is 3. The molecule has 1 aliphatic heterocycles. The third-order valence-corrected chi connectivity index (χ3v) is 4.88. The molecular weight excluding hydrogens is 340 g/mol. The molecule has 0 unspecified atom stereocenters. The first-order chi connectivity index (χ1) is 12.5. The Labute approximate surface area is 160 Å². The van der Waals surface area contributed by atoms with Crippen LogP contribution in [0.5, 0.6) is 0 Å². The van der Waals surface area contributed by atoms with Crippen molar-refractivity contribution < 1.29 is 4.79 Å². The number of thiophene rings is 1. The van der Waals surface area contributed by atoms with Crippen molar-refractivity contribution in [3.05, 3.63) is 62.4 Å². The van der Waals surface area contributed by atoms with Crippen LogP contribution in [0.2, 0.25) is 0 Å². The summed E-state index contributed by atoms with van der Waals surface area (Å²) in [4.78, 5) is 14.1. The van der Waals surface area contributed by atoms with E-state index in [0.717, 1.165) is 33.8 Å². The van der Waals surface area contributed by atoms with Gasteiger partial charge >= 0.3 is 0 Å². The Morgan fingerprint density at radius 2 is 2.15 bits per heavy atom. The van der Waals surface area contributed by atoms with Crippen molar-refractivity contribution in [1.82, 2.24) is 9.88 Å². The second-order valence-corrected chi connectivity index (χ2v) is 7.46. The summed E-state index contributed by atoms with van der Waals surface area (Å²) in [5.41, 5.74) is 2.62. The molecule has 0 amide bonds. The highest BCUT2D eigenvalue weighted by Gasteiger charge is 2.15. The topological polar surface area (TPSA) is 34.0 Å². The summed E-state index contributed by atoms with van der Waals surface area (Å²) in [6.45, 7) is 13.5. The van der Waals surface area contributed by atoms with Gasteiger partial charge in [-0.25, -0.2) is 0 Å². The summed E-state index contributed by atoms with van der Waals surface area (Å²) in [6, 6.07) is 2.05. The van der Waals surface area contributed by atoms with E-state index in [1.165, 1.54) is 11.3 Å². The van der Waals surface area contributed by atoms with Crippen LogP contribution in [0.3, 0.4) is 0 Å². The molecule has 0 saturated carbocycles. The zero-order valence-electron chi connectivity index (χ0n) is 16.1. The Hall–Kier alpha value is -2.33. The van der Waals surface area contributed by atoms with Crippen LogP contribution in [0, 0.1) is 6.92 Å². The maximum atomic E-state index is 12.9. The van der Waals surface area contributed by atoms with Gasteiger partial charge in [-0.05, 0) is 48.6 Å². The molecular formula is C22H28N2OS. The van der Waals surface area contributed by atoms with Gasteiger partial charge in [0.1, 0.15) is 0 Å². The van der Waals surface area contributed by atoms with E-state index >= 15 is 0 Å². The minimum Gasteiger partial charge on any atom is -0.387 e. The Balaban J connectivity index is 0.000000758. The Morgan fingerprint density at radius 1 is 1.42 bits per heavy atom.